The number of halogens is 4. The highest BCUT2D eigenvalue weighted by Crippen LogP contribution is 2.27. The van der Waals surface area contributed by atoms with Crippen LogP contribution in [0.25, 0.3) is 0 Å². The Balaban J connectivity index is 2.17. The standard InChI is InChI=1S/C16H10F4N2O2/c1-8(16(23)22-10-4-2-3-9(5-10)7-21)24-15-13(19)11(17)6-12(18)14(15)20/h2-6,8H,1H3,(H,22,23)/t8-/m0/s1. The maximum atomic E-state index is 13.5. The number of nitrogens with zero attached hydrogens (tertiary/aromatic N) is 1. The third-order valence-corrected chi connectivity index (χ3v) is 2.99. The summed E-state index contributed by atoms with van der Waals surface area (Å²) in [5.41, 5.74) is 0.534. The SMILES string of the molecule is C[C@H](Oc1c(F)c(F)cc(F)c1F)C(=O)Nc1cccc(C#N)c1. The minimum atomic E-state index is -1.74. The molecule has 2 aromatic carbocycles. The van der Waals surface area contributed by atoms with Gasteiger partial charge in [-0.25, -0.2) is 8.78 Å². The zero-order chi connectivity index (χ0) is 17.9. The molecule has 0 aromatic heterocycles. The molecule has 0 aliphatic carbocycles. The highest BCUT2D eigenvalue weighted by Gasteiger charge is 2.25. The van der Waals surface area contributed by atoms with Crippen LogP contribution in [0.2, 0.25) is 0 Å². The van der Waals surface area contributed by atoms with E-state index in [4.69, 9.17) is 10.00 Å². The number of nitrogens with one attached hydrogen (secondary N) is 1. The summed E-state index contributed by atoms with van der Waals surface area (Å²) >= 11 is 0. The third-order valence-electron chi connectivity index (χ3n) is 2.99. The first-order valence-corrected chi connectivity index (χ1v) is 6.64. The lowest BCUT2D eigenvalue weighted by Crippen LogP contribution is -2.31. The number of ether oxygens (including phenoxy) is 1. The molecular weight excluding hydrogens is 328 g/mol. The largest absolute Gasteiger partial charge is 0.475 e. The molecule has 0 heterocycles. The number of anilines is 1. The number of benzene rings is 2. The van der Waals surface area contributed by atoms with Gasteiger partial charge in [-0.05, 0) is 25.1 Å². The van der Waals surface area contributed by atoms with E-state index < -0.39 is 41.0 Å². The first-order valence-electron chi connectivity index (χ1n) is 6.64. The van der Waals surface area contributed by atoms with Gasteiger partial charge in [0, 0.05) is 11.8 Å². The van der Waals surface area contributed by atoms with Crippen molar-refractivity contribution >= 4 is 11.6 Å². The molecular formula is C16H10F4N2O2. The summed E-state index contributed by atoms with van der Waals surface area (Å²) in [7, 11) is 0. The molecule has 0 aliphatic rings. The van der Waals surface area contributed by atoms with E-state index in [9.17, 15) is 22.4 Å². The molecule has 1 amide bonds. The summed E-state index contributed by atoms with van der Waals surface area (Å²) in [6, 6.07) is 7.78. The molecule has 24 heavy (non-hydrogen) atoms. The Morgan fingerprint density at radius 1 is 1.17 bits per heavy atom. The minimum absolute atomic E-state index is 0.0374. The van der Waals surface area contributed by atoms with Crippen LogP contribution in [-0.4, -0.2) is 12.0 Å². The normalized spacial score (nSPS) is 11.5. The molecule has 0 saturated heterocycles. The lowest BCUT2D eigenvalue weighted by molar-refractivity contribution is -0.122. The highest BCUT2D eigenvalue weighted by molar-refractivity contribution is 5.94. The molecule has 0 radical (unpaired) electrons. The van der Waals surface area contributed by atoms with Crippen molar-refractivity contribution in [1.82, 2.24) is 0 Å². The Morgan fingerprint density at radius 2 is 1.79 bits per heavy atom. The summed E-state index contributed by atoms with van der Waals surface area (Å²) in [5.74, 6) is -8.90. The van der Waals surface area contributed by atoms with Gasteiger partial charge in [-0.15, -0.1) is 0 Å². The summed E-state index contributed by atoms with van der Waals surface area (Å²) < 4.78 is 58.0. The predicted octanol–water partition coefficient (Wildman–Crippen LogP) is 3.52. The average Bonchev–Trinajstić information content (AvgIpc) is 2.56. The molecule has 1 atom stereocenters. The maximum Gasteiger partial charge on any atom is 0.265 e. The van der Waals surface area contributed by atoms with Crippen LogP contribution < -0.4 is 10.1 Å². The van der Waals surface area contributed by atoms with Crippen LogP contribution in [0.15, 0.2) is 30.3 Å². The Labute approximate surface area is 134 Å². The van der Waals surface area contributed by atoms with Crippen LogP contribution in [0.3, 0.4) is 0 Å². The summed E-state index contributed by atoms with van der Waals surface area (Å²) in [6.07, 6.45) is -1.46. The van der Waals surface area contributed by atoms with Crippen LogP contribution in [0.5, 0.6) is 5.75 Å². The molecule has 0 spiro atoms. The Bertz CT molecular complexity index is 807. The van der Waals surface area contributed by atoms with Crippen molar-refractivity contribution in [3.63, 3.8) is 0 Å². The highest BCUT2D eigenvalue weighted by atomic mass is 19.2. The van der Waals surface area contributed by atoms with Crippen LogP contribution in [-0.2, 0) is 4.79 Å². The molecule has 4 nitrogen and oxygen atoms in total. The van der Waals surface area contributed by atoms with Crippen molar-refractivity contribution in [3.8, 4) is 11.8 Å². The first-order chi connectivity index (χ1) is 11.3. The van der Waals surface area contributed by atoms with E-state index in [1.54, 1.807) is 0 Å². The molecule has 0 fully saturated rings. The zero-order valence-corrected chi connectivity index (χ0v) is 12.2. The van der Waals surface area contributed by atoms with Gasteiger partial charge in [0.2, 0.25) is 11.6 Å². The molecule has 0 bridgehead atoms. The summed E-state index contributed by atoms with van der Waals surface area (Å²) in [5, 5.41) is 11.1. The Kier molecular flexibility index (Phi) is 5.04. The van der Waals surface area contributed by atoms with Gasteiger partial charge in [0.05, 0.1) is 11.6 Å². The molecule has 8 heteroatoms. The molecule has 2 aromatic rings. The molecule has 0 unspecified atom stereocenters. The molecule has 124 valence electrons. The number of carbonyl (C=O) groups is 1. The smallest absolute Gasteiger partial charge is 0.265 e. The Hall–Kier alpha value is -3.08. The zero-order valence-electron chi connectivity index (χ0n) is 12.2. The minimum Gasteiger partial charge on any atom is -0.475 e. The van der Waals surface area contributed by atoms with Gasteiger partial charge < -0.3 is 10.1 Å². The quantitative estimate of drug-likeness (QED) is 0.685. The monoisotopic (exact) mass is 338 g/mol. The fourth-order valence-electron chi connectivity index (χ4n) is 1.80. The van der Waals surface area contributed by atoms with E-state index >= 15 is 0 Å². The predicted molar refractivity (Wildman–Crippen MR) is 76.2 cm³/mol. The van der Waals surface area contributed by atoms with Crippen molar-refractivity contribution in [2.75, 3.05) is 5.32 Å². The molecule has 1 N–H and O–H groups in total. The van der Waals surface area contributed by atoms with E-state index in [0.29, 0.717) is 0 Å². The van der Waals surface area contributed by atoms with E-state index in [0.717, 1.165) is 6.92 Å². The second-order valence-corrected chi connectivity index (χ2v) is 4.74. The van der Waals surface area contributed by atoms with E-state index in [-0.39, 0.29) is 17.3 Å². The molecule has 2 rings (SSSR count). The topological polar surface area (TPSA) is 62.1 Å². The van der Waals surface area contributed by atoms with Crippen LogP contribution in [0, 0.1) is 34.6 Å². The lowest BCUT2D eigenvalue weighted by atomic mass is 10.2. The number of carbonyl (C=O) groups excluding carboxylic acids is 1. The van der Waals surface area contributed by atoms with Crippen LogP contribution in [0.1, 0.15) is 12.5 Å². The molecule has 0 aliphatic heterocycles. The van der Waals surface area contributed by atoms with Gasteiger partial charge in [0.15, 0.2) is 23.5 Å². The number of rotatable bonds is 4. The van der Waals surface area contributed by atoms with Gasteiger partial charge in [0.1, 0.15) is 0 Å². The second-order valence-electron chi connectivity index (χ2n) is 4.74. The number of hydrogen-bond acceptors (Lipinski definition) is 3. The second kappa shape index (κ2) is 7.00. The van der Waals surface area contributed by atoms with Crippen molar-refractivity contribution in [3.05, 3.63) is 59.2 Å². The first kappa shape index (κ1) is 17.3. The van der Waals surface area contributed by atoms with E-state index in [1.807, 2.05) is 6.07 Å². The maximum absolute atomic E-state index is 13.5. The van der Waals surface area contributed by atoms with Gasteiger partial charge in [0.25, 0.3) is 5.91 Å². The van der Waals surface area contributed by atoms with E-state index in [2.05, 4.69) is 5.32 Å². The van der Waals surface area contributed by atoms with Gasteiger partial charge in [-0.2, -0.15) is 14.0 Å². The van der Waals surface area contributed by atoms with Crippen molar-refractivity contribution in [2.45, 2.75) is 13.0 Å². The fourth-order valence-corrected chi connectivity index (χ4v) is 1.80. The molecule has 0 saturated carbocycles. The Morgan fingerprint density at radius 3 is 2.38 bits per heavy atom. The van der Waals surface area contributed by atoms with E-state index in [1.165, 1.54) is 24.3 Å². The average molecular weight is 338 g/mol. The summed E-state index contributed by atoms with van der Waals surface area (Å²) in [6.45, 7) is 1.14. The third kappa shape index (κ3) is 3.63. The number of hydrogen-bond donors (Lipinski definition) is 1. The lowest BCUT2D eigenvalue weighted by Gasteiger charge is -2.16. The van der Waals surface area contributed by atoms with Crippen LogP contribution >= 0.6 is 0 Å². The van der Waals surface area contributed by atoms with Gasteiger partial charge in [-0.1, -0.05) is 6.07 Å². The van der Waals surface area contributed by atoms with Crippen molar-refractivity contribution in [2.24, 2.45) is 0 Å². The van der Waals surface area contributed by atoms with Crippen molar-refractivity contribution < 1.29 is 27.1 Å². The van der Waals surface area contributed by atoms with Crippen molar-refractivity contribution in [1.29, 1.82) is 5.26 Å². The van der Waals surface area contributed by atoms with Gasteiger partial charge >= 0.3 is 0 Å². The number of amides is 1. The van der Waals surface area contributed by atoms with Gasteiger partial charge in [-0.3, -0.25) is 4.79 Å². The fraction of sp³-hybridized carbons (Fsp3) is 0.125. The van der Waals surface area contributed by atoms with Crippen LogP contribution in [0.4, 0.5) is 23.2 Å². The summed E-state index contributed by atoms with van der Waals surface area (Å²) in [4.78, 5) is 12.0. The number of nitriles is 1.